The molecule has 0 aliphatic heterocycles. The van der Waals surface area contributed by atoms with Gasteiger partial charge in [0, 0.05) is 16.1 Å². The highest BCUT2D eigenvalue weighted by molar-refractivity contribution is 9.10. The molecule has 1 atom stereocenters. The molecule has 1 aromatic carbocycles. The number of hydrogen-bond acceptors (Lipinski definition) is 2. The minimum absolute atomic E-state index is 0.207. The van der Waals surface area contributed by atoms with E-state index in [0.717, 1.165) is 10.9 Å². The molecule has 0 bridgehead atoms. The van der Waals surface area contributed by atoms with Gasteiger partial charge in [0.25, 0.3) is 0 Å². The van der Waals surface area contributed by atoms with Gasteiger partial charge in [-0.05, 0) is 36.5 Å². The van der Waals surface area contributed by atoms with E-state index in [9.17, 15) is 8.42 Å². The van der Waals surface area contributed by atoms with E-state index in [1.807, 2.05) is 24.3 Å². The molecule has 0 saturated heterocycles. The molecule has 0 spiro atoms. The van der Waals surface area contributed by atoms with Crippen molar-refractivity contribution in [3.8, 4) is 0 Å². The van der Waals surface area contributed by atoms with Gasteiger partial charge in [-0.25, -0.2) is 8.42 Å². The molecule has 1 rings (SSSR count). The zero-order chi connectivity index (χ0) is 13.6. The third kappa shape index (κ3) is 5.72. The third-order valence-electron chi connectivity index (χ3n) is 2.91. The quantitative estimate of drug-likeness (QED) is 0.701. The lowest BCUT2D eigenvalue weighted by molar-refractivity contribution is 0.548. The first-order valence-corrected chi connectivity index (χ1v) is 9.12. The van der Waals surface area contributed by atoms with Crippen molar-refractivity contribution in [3.05, 3.63) is 34.3 Å². The Balaban J connectivity index is 2.57. The Kier molecular flexibility index (Phi) is 6.67. The monoisotopic (exact) mass is 352 g/mol. The summed E-state index contributed by atoms with van der Waals surface area (Å²) < 4.78 is 24.0. The molecule has 0 fully saturated rings. The largest absolute Gasteiger partial charge is 0.229 e. The predicted molar refractivity (Wildman–Crippen MR) is 81.0 cm³/mol. The average molecular weight is 354 g/mol. The number of rotatable bonds is 7. The van der Waals surface area contributed by atoms with Gasteiger partial charge in [-0.15, -0.1) is 11.6 Å². The molecule has 0 aromatic heterocycles. The van der Waals surface area contributed by atoms with Crippen molar-refractivity contribution in [1.29, 1.82) is 0 Å². The summed E-state index contributed by atoms with van der Waals surface area (Å²) in [5.74, 6) is 1.14. The summed E-state index contributed by atoms with van der Waals surface area (Å²) in [4.78, 5) is 0. The van der Waals surface area contributed by atoms with Gasteiger partial charge in [0.1, 0.15) is 9.84 Å². The molecule has 1 aromatic rings. The van der Waals surface area contributed by atoms with Crippen LogP contribution in [0, 0.1) is 5.92 Å². The Morgan fingerprint density at radius 2 is 2.11 bits per heavy atom. The van der Waals surface area contributed by atoms with Crippen LogP contribution >= 0.6 is 27.5 Å². The van der Waals surface area contributed by atoms with E-state index >= 15 is 0 Å². The minimum atomic E-state index is -2.89. The SMILES string of the molecule is CCS(=O)(=O)CCC(CCl)Cc1cccc(Br)c1. The first-order valence-electron chi connectivity index (χ1n) is 5.97. The van der Waals surface area contributed by atoms with Crippen molar-refractivity contribution in [2.45, 2.75) is 19.8 Å². The summed E-state index contributed by atoms with van der Waals surface area (Å²) in [6.07, 6.45) is 1.45. The zero-order valence-electron chi connectivity index (χ0n) is 10.4. The van der Waals surface area contributed by atoms with E-state index < -0.39 is 9.84 Å². The number of hydrogen-bond donors (Lipinski definition) is 0. The molecule has 0 amide bonds. The van der Waals surface area contributed by atoms with Crippen LogP contribution in [0.5, 0.6) is 0 Å². The normalized spacial score (nSPS) is 13.5. The minimum Gasteiger partial charge on any atom is -0.229 e. The van der Waals surface area contributed by atoms with Gasteiger partial charge in [0.2, 0.25) is 0 Å². The maximum Gasteiger partial charge on any atom is 0.150 e. The standard InChI is InChI=1S/C13H18BrClO2S/c1-2-18(16,17)7-6-12(10-15)8-11-4-3-5-13(14)9-11/h3-5,9,12H,2,6-8,10H2,1H3. The first kappa shape index (κ1) is 16.0. The van der Waals surface area contributed by atoms with Gasteiger partial charge < -0.3 is 0 Å². The van der Waals surface area contributed by atoms with Gasteiger partial charge in [-0.2, -0.15) is 0 Å². The fraction of sp³-hybridized carbons (Fsp3) is 0.538. The molecule has 0 aliphatic carbocycles. The smallest absolute Gasteiger partial charge is 0.150 e. The number of alkyl halides is 1. The lowest BCUT2D eigenvalue weighted by Gasteiger charge is -2.14. The third-order valence-corrected chi connectivity index (χ3v) is 5.58. The van der Waals surface area contributed by atoms with E-state index in [-0.39, 0.29) is 17.4 Å². The van der Waals surface area contributed by atoms with Crippen LogP contribution in [0.4, 0.5) is 0 Å². The molecular formula is C13H18BrClO2S. The highest BCUT2D eigenvalue weighted by Gasteiger charge is 2.14. The summed E-state index contributed by atoms with van der Waals surface area (Å²) in [5.41, 5.74) is 1.18. The molecule has 2 nitrogen and oxygen atoms in total. The summed E-state index contributed by atoms with van der Waals surface area (Å²) in [6, 6.07) is 8.04. The molecule has 1 unspecified atom stereocenters. The Morgan fingerprint density at radius 1 is 1.39 bits per heavy atom. The topological polar surface area (TPSA) is 34.1 Å². The maximum absolute atomic E-state index is 11.5. The Hall–Kier alpha value is -0.0600. The van der Waals surface area contributed by atoms with Crippen molar-refractivity contribution in [1.82, 2.24) is 0 Å². The van der Waals surface area contributed by atoms with Crippen LogP contribution in [0.25, 0.3) is 0 Å². The first-order chi connectivity index (χ1) is 8.46. The lowest BCUT2D eigenvalue weighted by atomic mass is 9.99. The number of benzene rings is 1. The van der Waals surface area contributed by atoms with Gasteiger partial charge in [0.05, 0.1) is 5.75 Å². The van der Waals surface area contributed by atoms with Crippen LogP contribution in [0.1, 0.15) is 18.9 Å². The van der Waals surface area contributed by atoms with Gasteiger partial charge >= 0.3 is 0 Å². The maximum atomic E-state index is 11.5. The summed E-state index contributed by atoms with van der Waals surface area (Å²) in [5, 5.41) is 0. The van der Waals surface area contributed by atoms with Gasteiger partial charge in [0.15, 0.2) is 0 Å². The van der Waals surface area contributed by atoms with Crippen LogP contribution in [-0.2, 0) is 16.3 Å². The highest BCUT2D eigenvalue weighted by Crippen LogP contribution is 2.18. The molecule has 0 radical (unpaired) electrons. The Bertz CT molecular complexity index is 474. The highest BCUT2D eigenvalue weighted by atomic mass is 79.9. The summed E-state index contributed by atoms with van der Waals surface area (Å²) in [7, 11) is -2.89. The number of sulfone groups is 1. The van der Waals surface area contributed by atoms with Gasteiger partial charge in [-0.1, -0.05) is 35.0 Å². The number of halogens is 2. The fourth-order valence-corrected chi connectivity index (χ4v) is 3.41. The van der Waals surface area contributed by atoms with Crippen LogP contribution in [0.15, 0.2) is 28.7 Å². The Morgan fingerprint density at radius 3 is 2.67 bits per heavy atom. The van der Waals surface area contributed by atoms with E-state index in [2.05, 4.69) is 15.9 Å². The van der Waals surface area contributed by atoms with E-state index in [4.69, 9.17) is 11.6 Å². The van der Waals surface area contributed by atoms with E-state index in [1.54, 1.807) is 6.92 Å². The summed E-state index contributed by atoms with van der Waals surface area (Å²) >= 11 is 9.35. The second-order valence-electron chi connectivity index (χ2n) is 4.38. The second-order valence-corrected chi connectivity index (χ2v) is 8.08. The molecule has 0 N–H and O–H groups in total. The Labute approximate surface area is 123 Å². The lowest BCUT2D eigenvalue weighted by Crippen LogP contribution is -2.15. The molecule has 0 heterocycles. The van der Waals surface area contributed by atoms with Crippen molar-refractivity contribution in [3.63, 3.8) is 0 Å². The molecule has 102 valence electrons. The van der Waals surface area contributed by atoms with E-state index in [0.29, 0.717) is 12.3 Å². The second kappa shape index (κ2) is 7.51. The van der Waals surface area contributed by atoms with Crippen LogP contribution in [0.3, 0.4) is 0 Å². The van der Waals surface area contributed by atoms with Crippen LogP contribution in [-0.4, -0.2) is 25.8 Å². The van der Waals surface area contributed by atoms with Crippen molar-refractivity contribution >= 4 is 37.4 Å². The molecule has 18 heavy (non-hydrogen) atoms. The van der Waals surface area contributed by atoms with Crippen molar-refractivity contribution < 1.29 is 8.42 Å². The van der Waals surface area contributed by atoms with Gasteiger partial charge in [-0.3, -0.25) is 0 Å². The zero-order valence-corrected chi connectivity index (χ0v) is 13.6. The van der Waals surface area contributed by atoms with Crippen molar-refractivity contribution in [2.24, 2.45) is 5.92 Å². The molecule has 0 aliphatic rings. The van der Waals surface area contributed by atoms with Crippen LogP contribution < -0.4 is 0 Å². The molecule has 0 saturated carbocycles. The average Bonchev–Trinajstić information content (AvgIpc) is 2.34. The molecule has 5 heteroatoms. The predicted octanol–water partition coefficient (Wildman–Crippen LogP) is 3.67. The fourth-order valence-electron chi connectivity index (χ4n) is 1.72. The summed E-state index contributed by atoms with van der Waals surface area (Å²) in [6.45, 7) is 1.68. The van der Waals surface area contributed by atoms with Crippen LogP contribution in [0.2, 0.25) is 0 Å². The van der Waals surface area contributed by atoms with E-state index in [1.165, 1.54) is 5.56 Å². The molecular weight excluding hydrogens is 336 g/mol. The van der Waals surface area contributed by atoms with Crippen molar-refractivity contribution in [2.75, 3.05) is 17.4 Å².